The van der Waals surface area contributed by atoms with Crippen molar-refractivity contribution in [2.24, 2.45) is 4.99 Å². The topological polar surface area (TPSA) is 12.4 Å². The molecule has 0 aromatic carbocycles. The van der Waals surface area contributed by atoms with Gasteiger partial charge < -0.3 is 0 Å². The quantitative estimate of drug-likeness (QED) is 0.545. The molecule has 0 fully saturated rings. The maximum atomic E-state index is 5.57. The van der Waals surface area contributed by atoms with Gasteiger partial charge in [0.15, 0.2) is 4.50 Å². The summed E-state index contributed by atoms with van der Waals surface area (Å²) in [5, 5.41) is 0.540. The van der Waals surface area contributed by atoms with Crippen LogP contribution in [0.2, 0.25) is 0 Å². The molecule has 0 N–H and O–H groups in total. The number of hydrogen-bond acceptors (Lipinski definition) is 3. The first-order valence-electron chi connectivity index (χ1n) is 2.28. The molecule has 1 aliphatic rings. The van der Waals surface area contributed by atoms with Crippen molar-refractivity contribution in [2.45, 2.75) is 17.5 Å². The lowest BCUT2D eigenvalue weighted by atomic mass is 10.5. The van der Waals surface area contributed by atoms with Gasteiger partial charge in [0, 0.05) is 5.25 Å². The number of thioether (sulfide) groups is 1. The number of halogens is 1. The second-order valence-corrected chi connectivity index (χ2v) is 4.10. The minimum absolute atomic E-state index is 0.104. The fourth-order valence-corrected chi connectivity index (χ4v) is 2.09. The van der Waals surface area contributed by atoms with E-state index < -0.39 is 0 Å². The average Bonchev–Trinajstić information content (AvgIpc) is 1.85. The summed E-state index contributed by atoms with van der Waals surface area (Å²) in [6, 6.07) is 0. The van der Waals surface area contributed by atoms with E-state index in [0.29, 0.717) is 9.75 Å². The van der Waals surface area contributed by atoms with Crippen molar-refractivity contribution >= 4 is 40.5 Å². The van der Waals surface area contributed by atoms with Gasteiger partial charge in [-0.1, -0.05) is 23.4 Å². The van der Waals surface area contributed by atoms with Gasteiger partial charge in [0.1, 0.15) is 5.37 Å². The van der Waals surface area contributed by atoms with Gasteiger partial charge in [0.25, 0.3) is 0 Å². The number of thiol groups is 1. The van der Waals surface area contributed by atoms with Gasteiger partial charge in [-0.2, -0.15) is 12.6 Å². The second-order valence-electron chi connectivity index (χ2n) is 1.62. The van der Waals surface area contributed by atoms with Crippen LogP contribution in [-0.4, -0.2) is 15.1 Å². The summed E-state index contributed by atoms with van der Waals surface area (Å²) in [4.78, 5) is 3.98. The first kappa shape index (κ1) is 6.78. The smallest absolute Gasteiger partial charge is 0.159 e. The fourth-order valence-electron chi connectivity index (χ4n) is 0.454. The van der Waals surface area contributed by atoms with Gasteiger partial charge in [-0.15, -0.1) is 0 Å². The second kappa shape index (κ2) is 2.50. The Morgan fingerprint density at radius 1 is 1.88 bits per heavy atom. The number of nitrogens with zero attached hydrogens (tertiary/aromatic N) is 1. The van der Waals surface area contributed by atoms with Crippen LogP contribution in [0, 0.1) is 0 Å². The maximum Gasteiger partial charge on any atom is 0.159 e. The highest BCUT2D eigenvalue weighted by molar-refractivity contribution is 8.18. The molecule has 0 amide bonds. The summed E-state index contributed by atoms with van der Waals surface area (Å²) in [7, 11) is 0. The monoisotopic (exact) mass is 167 g/mol. The van der Waals surface area contributed by atoms with E-state index >= 15 is 0 Å². The molecule has 0 aromatic rings. The molecule has 0 aromatic heterocycles. The number of hydrogen-bond donors (Lipinski definition) is 1. The van der Waals surface area contributed by atoms with Crippen LogP contribution in [0.25, 0.3) is 0 Å². The summed E-state index contributed by atoms with van der Waals surface area (Å²) < 4.78 is 0.637. The summed E-state index contributed by atoms with van der Waals surface area (Å²) in [6.07, 6.45) is 0. The molecule has 0 saturated carbocycles. The molecular weight excluding hydrogens is 162 g/mol. The highest BCUT2D eigenvalue weighted by Gasteiger charge is 2.21. The highest BCUT2D eigenvalue weighted by Crippen LogP contribution is 2.29. The van der Waals surface area contributed by atoms with Crippen molar-refractivity contribution < 1.29 is 0 Å². The zero-order valence-corrected chi connectivity index (χ0v) is 6.80. The Morgan fingerprint density at radius 3 is 2.62 bits per heavy atom. The van der Waals surface area contributed by atoms with Gasteiger partial charge in [-0.25, -0.2) is 0 Å². The Bertz CT molecular complexity index is 125. The molecule has 0 spiro atoms. The third kappa shape index (κ3) is 1.33. The molecule has 1 rings (SSSR count). The molecule has 0 aliphatic carbocycles. The van der Waals surface area contributed by atoms with Crippen molar-refractivity contribution in [2.75, 3.05) is 0 Å². The molecule has 8 heavy (non-hydrogen) atoms. The molecular formula is C4H6ClNS2. The molecule has 1 aliphatic heterocycles. The highest BCUT2D eigenvalue weighted by atomic mass is 35.5. The zero-order chi connectivity index (χ0) is 6.15. The first-order valence-corrected chi connectivity index (χ1v) is 4.05. The van der Waals surface area contributed by atoms with E-state index in [4.69, 9.17) is 11.6 Å². The molecule has 2 atom stereocenters. The predicted molar refractivity (Wildman–Crippen MR) is 43.1 cm³/mol. The van der Waals surface area contributed by atoms with Gasteiger partial charge in [0.2, 0.25) is 0 Å². The van der Waals surface area contributed by atoms with Crippen molar-refractivity contribution in [3.05, 3.63) is 0 Å². The lowest BCUT2D eigenvalue weighted by Gasteiger charge is -2.01. The number of rotatable bonds is 0. The zero-order valence-electron chi connectivity index (χ0n) is 4.34. The molecule has 0 radical (unpaired) electrons. The third-order valence-corrected chi connectivity index (χ3v) is 3.00. The van der Waals surface area contributed by atoms with E-state index in [-0.39, 0.29) is 5.37 Å². The van der Waals surface area contributed by atoms with Crippen LogP contribution in [0.3, 0.4) is 0 Å². The molecule has 1 nitrogen and oxygen atoms in total. The summed E-state index contributed by atoms with van der Waals surface area (Å²) in [6.45, 7) is 2.06. The Kier molecular flexibility index (Phi) is 2.12. The molecule has 1 heterocycles. The largest absolute Gasteiger partial charge is 0.252 e. The maximum absolute atomic E-state index is 5.57. The third-order valence-electron chi connectivity index (χ3n) is 0.937. The molecule has 0 saturated heterocycles. The van der Waals surface area contributed by atoms with Crippen molar-refractivity contribution in [1.82, 2.24) is 0 Å². The number of aliphatic imine (C=N–C) groups is 1. The minimum atomic E-state index is 0.104. The van der Waals surface area contributed by atoms with Gasteiger partial charge in [-0.05, 0) is 6.92 Å². The van der Waals surface area contributed by atoms with E-state index in [1.165, 1.54) is 0 Å². The van der Waals surface area contributed by atoms with Crippen molar-refractivity contribution in [3.63, 3.8) is 0 Å². The van der Waals surface area contributed by atoms with Gasteiger partial charge in [-0.3, -0.25) is 4.99 Å². The Labute approximate surface area is 63.3 Å². The first-order chi connectivity index (χ1) is 3.70. The van der Waals surface area contributed by atoms with E-state index in [1.807, 2.05) is 0 Å². The van der Waals surface area contributed by atoms with E-state index in [1.54, 1.807) is 11.8 Å². The predicted octanol–water partition coefficient (Wildman–Crippen LogP) is 1.97. The molecule has 0 bridgehead atoms. The van der Waals surface area contributed by atoms with Gasteiger partial charge in [0.05, 0.1) is 0 Å². The van der Waals surface area contributed by atoms with Crippen molar-refractivity contribution in [1.29, 1.82) is 0 Å². The van der Waals surface area contributed by atoms with E-state index in [0.717, 1.165) is 0 Å². The van der Waals surface area contributed by atoms with Crippen LogP contribution in [-0.2, 0) is 0 Å². The van der Waals surface area contributed by atoms with Gasteiger partial charge >= 0.3 is 0 Å². The normalized spacial score (nSPS) is 37.6. The molecule has 2 unspecified atom stereocenters. The Hall–Kier alpha value is 0.660. The SMILES string of the molecule is CC1SC(Cl)=NC1S. The molecule has 46 valence electrons. The summed E-state index contributed by atoms with van der Waals surface area (Å²) in [5.41, 5.74) is 0. The van der Waals surface area contributed by atoms with E-state index in [2.05, 4.69) is 24.5 Å². The van der Waals surface area contributed by atoms with Crippen LogP contribution < -0.4 is 0 Å². The van der Waals surface area contributed by atoms with Crippen molar-refractivity contribution in [3.8, 4) is 0 Å². The van der Waals surface area contributed by atoms with Crippen LogP contribution in [0.1, 0.15) is 6.92 Å². The lowest BCUT2D eigenvalue weighted by Crippen LogP contribution is -2.03. The van der Waals surface area contributed by atoms with E-state index in [9.17, 15) is 0 Å². The minimum Gasteiger partial charge on any atom is -0.252 e. The fraction of sp³-hybridized carbons (Fsp3) is 0.750. The van der Waals surface area contributed by atoms with Crippen LogP contribution >= 0.6 is 36.0 Å². The van der Waals surface area contributed by atoms with Crippen LogP contribution in [0.4, 0.5) is 0 Å². The standard InChI is InChI=1S/C4H6ClNS2/c1-2-3(7)6-4(5)8-2/h2-3,7H,1H3. The summed E-state index contributed by atoms with van der Waals surface area (Å²) in [5.74, 6) is 0. The van der Waals surface area contributed by atoms with Crippen LogP contribution in [0.5, 0.6) is 0 Å². The average molecular weight is 168 g/mol. The molecule has 4 heteroatoms. The Balaban J connectivity index is 2.56. The summed E-state index contributed by atoms with van der Waals surface area (Å²) >= 11 is 11.3. The Morgan fingerprint density at radius 2 is 2.50 bits per heavy atom. The van der Waals surface area contributed by atoms with Crippen LogP contribution in [0.15, 0.2) is 4.99 Å². The lowest BCUT2D eigenvalue weighted by molar-refractivity contribution is 0.919.